The molecule has 0 bridgehead atoms. The minimum atomic E-state index is -0.198. The summed E-state index contributed by atoms with van der Waals surface area (Å²) in [6.07, 6.45) is 14.9. The van der Waals surface area contributed by atoms with Crippen molar-refractivity contribution in [2.24, 2.45) is 17.8 Å². The highest BCUT2D eigenvalue weighted by Crippen LogP contribution is 2.46. The largest absolute Gasteiger partial charge is 0.368 e. The van der Waals surface area contributed by atoms with Gasteiger partial charge < -0.3 is 4.74 Å². The maximum atomic E-state index is 14.8. The second kappa shape index (κ2) is 8.66. The molecule has 0 N–H and O–H groups in total. The Morgan fingerprint density at radius 2 is 1.59 bits per heavy atom. The molecule has 2 saturated carbocycles. The molecule has 0 spiro atoms. The van der Waals surface area contributed by atoms with E-state index in [1.165, 1.54) is 51.4 Å². The van der Waals surface area contributed by atoms with E-state index in [0.29, 0.717) is 12.5 Å². The van der Waals surface area contributed by atoms with Gasteiger partial charge in [-0.1, -0.05) is 42.7 Å². The normalized spacial score (nSPS) is 33.6. The molecular weight excluding hydrogens is 359 g/mol. The minimum absolute atomic E-state index is 0.0124. The molecule has 3 aliphatic rings. The van der Waals surface area contributed by atoms with Crippen LogP contribution in [-0.2, 0) is 4.74 Å². The molecule has 1 saturated heterocycles. The van der Waals surface area contributed by atoms with Crippen molar-refractivity contribution in [2.75, 3.05) is 6.61 Å². The Morgan fingerprint density at radius 3 is 2.19 bits per heavy atom. The molecule has 148 valence electrons. The number of ether oxygens (including phenoxy) is 1. The third-order valence-electron chi connectivity index (χ3n) is 7.37. The van der Waals surface area contributed by atoms with Crippen LogP contribution in [-0.4, -0.2) is 6.61 Å². The van der Waals surface area contributed by atoms with Gasteiger partial charge >= 0.3 is 0 Å². The predicted molar refractivity (Wildman–Crippen MR) is 110 cm³/mol. The van der Waals surface area contributed by atoms with E-state index in [-0.39, 0.29) is 16.9 Å². The number of allylic oxidation sites excluding steroid dienone is 1. The molecule has 0 aromatic heterocycles. The van der Waals surface area contributed by atoms with Crippen LogP contribution >= 0.6 is 11.6 Å². The van der Waals surface area contributed by atoms with E-state index in [1.54, 1.807) is 0 Å². The Bertz CT molecular complexity index is 653. The summed E-state index contributed by atoms with van der Waals surface area (Å²) in [4.78, 5) is 0. The van der Waals surface area contributed by atoms with Crippen molar-refractivity contribution in [3.8, 4) is 0 Å². The first-order chi connectivity index (χ1) is 13.2. The number of benzene rings is 1. The molecule has 27 heavy (non-hydrogen) atoms. The second-order valence-corrected chi connectivity index (χ2v) is 9.33. The smallest absolute Gasteiger partial charge is 0.145 e. The van der Waals surface area contributed by atoms with Crippen LogP contribution in [0.5, 0.6) is 0 Å². The molecule has 0 amide bonds. The molecule has 1 aromatic carbocycles. The first kappa shape index (κ1) is 19.5. The van der Waals surface area contributed by atoms with Gasteiger partial charge in [0.2, 0.25) is 0 Å². The van der Waals surface area contributed by atoms with E-state index in [2.05, 4.69) is 12.7 Å². The second-order valence-electron chi connectivity index (χ2n) is 8.95. The summed E-state index contributed by atoms with van der Waals surface area (Å²) in [5, 5.41) is 0.287. The zero-order valence-corrected chi connectivity index (χ0v) is 17.0. The first-order valence-corrected chi connectivity index (χ1v) is 11.3. The first-order valence-electron chi connectivity index (χ1n) is 10.9. The fourth-order valence-corrected chi connectivity index (χ4v) is 5.87. The fourth-order valence-electron chi connectivity index (χ4n) is 5.57. The van der Waals surface area contributed by atoms with Crippen LogP contribution in [0, 0.1) is 23.6 Å². The maximum Gasteiger partial charge on any atom is 0.145 e. The van der Waals surface area contributed by atoms with Crippen LogP contribution in [0.2, 0.25) is 5.02 Å². The van der Waals surface area contributed by atoms with Crippen molar-refractivity contribution in [1.82, 2.24) is 0 Å². The van der Waals surface area contributed by atoms with Gasteiger partial charge in [0.1, 0.15) is 11.9 Å². The van der Waals surface area contributed by atoms with Gasteiger partial charge in [-0.2, -0.15) is 0 Å². The van der Waals surface area contributed by atoms with E-state index in [4.69, 9.17) is 16.3 Å². The number of rotatable bonds is 6. The number of hydrogen-bond acceptors (Lipinski definition) is 1. The molecule has 1 aliphatic heterocycles. The van der Waals surface area contributed by atoms with E-state index in [9.17, 15) is 4.39 Å². The van der Waals surface area contributed by atoms with Gasteiger partial charge in [-0.15, -0.1) is 6.58 Å². The molecule has 4 rings (SSSR count). The zero-order chi connectivity index (χ0) is 18.8. The van der Waals surface area contributed by atoms with Gasteiger partial charge in [-0.05, 0) is 80.6 Å². The van der Waals surface area contributed by atoms with E-state index >= 15 is 0 Å². The monoisotopic (exact) mass is 390 g/mol. The summed E-state index contributed by atoms with van der Waals surface area (Å²) in [6, 6.07) is 3.95. The quantitative estimate of drug-likeness (QED) is 0.360. The lowest BCUT2D eigenvalue weighted by molar-refractivity contribution is 0.156. The van der Waals surface area contributed by atoms with Crippen LogP contribution in [0.1, 0.15) is 87.4 Å². The van der Waals surface area contributed by atoms with Crippen molar-refractivity contribution < 1.29 is 9.13 Å². The summed E-state index contributed by atoms with van der Waals surface area (Å²) in [5.41, 5.74) is 1.65. The lowest BCUT2D eigenvalue weighted by atomic mass is 9.68. The van der Waals surface area contributed by atoms with Gasteiger partial charge in [0, 0.05) is 5.56 Å². The summed E-state index contributed by atoms with van der Waals surface area (Å²) >= 11 is 6.29. The molecular formula is C24H32ClFO. The van der Waals surface area contributed by atoms with Crippen LogP contribution < -0.4 is 0 Å². The molecule has 3 heteroatoms. The maximum absolute atomic E-state index is 14.8. The molecule has 1 heterocycles. The van der Waals surface area contributed by atoms with Crippen LogP contribution in [0.15, 0.2) is 24.8 Å². The lowest BCUT2D eigenvalue weighted by Gasteiger charge is -2.38. The van der Waals surface area contributed by atoms with Crippen molar-refractivity contribution in [2.45, 2.75) is 76.2 Å². The Kier molecular flexibility index (Phi) is 6.24. The minimum Gasteiger partial charge on any atom is -0.368 e. The number of hydrogen-bond donors (Lipinski definition) is 0. The van der Waals surface area contributed by atoms with Crippen LogP contribution in [0.25, 0.3) is 0 Å². The summed E-state index contributed by atoms with van der Waals surface area (Å²) < 4.78 is 20.1. The molecule has 0 radical (unpaired) electrons. The standard InChI is InChI=1S/C24H32ClFO/c1-2-3-4-16-5-7-17(8-6-16)18-9-11-19(12-10-18)20-13-14-21(22-15-27-22)23(25)24(20)26/h2,13-14,16-19,22H,1,3-12,15H2. The summed E-state index contributed by atoms with van der Waals surface area (Å²) in [7, 11) is 0. The van der Waals surface area contributed by atoms with Gasteiger partial charge in [0.05, 0.1) is 11.6 Å². The van der Waals surface area contributed by atoms with Gasteiger partial charge in [-0.25, -0.2) is 4.39 Å². The summed E-state index contributed by atoms with van der Waals surface area (Å²) in [6.45, 7) is 4.52. The predicted octanol–water partition coefficient (Wildman–Crippen LogP) is 7.60. The molecule has 1 nitrogen and oxygen atoms in total. The SMILES string of the molecule is C=CCCC1CCC(C2CCC(c3ccc(C4CO4)c(Cl)c3F)CC2)CC1. The number of epoxide rings is 1. The lowest BCUT2D eigenvalue weighted by Crippen LogP contribution is -2.25. The van der Waals surface area contributed by atoms with E-state index in [1.807, 2.05) is 12.1 Å². The van der Waals surface area contributed by atoms with Crippen LogP contribution in [0.4, 0.5) is 4.39 Å². The topological polar surface area (TPSA) is 12.5 Å². The highest BCUT2D eigenvalue weighted by molar-refractivity contribution is 6.31. The highest BCUT2D eigenvalue weighted by atomic mass is 35.5. The molecule has 3 fully saturated rings. The Hall–Kier alpha value is -0.860. The van der Waals surface area contributed by atoms with E-state index in [0.717, 1.165) is 41.7 Å². The summed E-state index contributed by atoms with van der Waals surface area (Å²) in [5.74, 6) is 2.79. The molecule has 1 unspecified atom stereocenters. The van der Waals surface area contributed by atoms with Crippen molar-refractivity contribution >= 4 is 11.6 Å². The van der Waals surface area contributed by atoms with Gasteiger partial charge in [-0.3, -0.25) is 0 Å². The third kappa shape index (κ3) is 4.43. The molecule has 1 atom stereocenters. The average Bonchev–Trinajstić information content (AvgIpc) is 3.54. The Balaban J connectivity index is 1.31. The van der Waals surface area contributed by atoms with Crippen molar-refractivity contribution in [3.05, 3.63) is 46.8 Å². The van der Waals surface area contributed by atoms with Crippen molar-refractivity contribution in [1.29, 1.82) is 0 Å². The Morgan fingerprint density at radius 1 is 1.00 bits per heavy atom. The number of halogens is 2. The highest BCUT2D eigenvalue weighted by Gasteiger charge is 2.34. The zero-order valence-electron chi connectivity index (χ0n) is 16.3. The van der Waals surface area contributed by atoms with Gasteiger partial charge in [0.25, 0.3) is 0 Å². The third-order valence-corrected chi connectivity index (χ3v) is 7.76. The van der Waals surface area contributed by atoms with Crippen LogP contribution in [0.3, 0.4) is 0 Å². The molecule has 1 aromatic rings. The van der Waals surface area contributed by atoms with E-state index < -0.39 is 0 Å². The van der Waals surface area contributed by atoms with Crippen molar-refractivity contribution in [3.63, 3.8) is 0 Å². The Labute approximate surface area is 168 Å². The average molecular weight is 391 g/mol. The molecule has 2 aliphatic carbocycles. The fraction of sp³-hybridized carbons (Fsp3) is 0.667. The van der Waals surface area contributed by atoms with Gasteiger partial charge in [0.15, 0.2) is 0 Å².